The molecule has 0 spiro atoms. The summed E-state index contributed by atoms with van der Waals surface area (Å²) in [6.45, 7) is 0.449. The molecule has 0 radical (unpaired) electrons. The Bertz CT molecular complexity index is 931. The van der Waals surface area contributed by atoms with Crippen molar-refractivity contribution in [1.29, 1.82) is 0 Å². The van der Waals surface area contributed by atoms with Gasteiger partial charge in [0, 0.05) is 18.6 Å². The number of carbonyl (C=O) groups is 5. The second-order valence-corrected chi connectivity index (χ2v) is 8.84. The number of nitrogens with one attached hydrogen (secondary N) is 3. The lowest BCUT2D eigenvalue weighted by Gasteiger charge is -2.25. The van der Waals surface area contributed by atoms with E-state index in [-0.39, 0.29) is 30.8 Å². The van der Waals surface area contributed by atoms with Gasteiger partial charge in [0.25, 0.3) is 0 Å². The molecule has 1 aromatic rings. The predicted molar refractivity (Wildman–Crippen MR) is 138 cm³/mol. The first-order valence-electron chi connectivity index (χ1n) is 11.7. The molecule has 11 N–H and O–H groups in total. The maximum absolute atomic E-state index is 13.2. The predicted octanol–water partition coefficient (Wildman–Crippen LogP) is -1.87. The van der Waals surface area contributed by atoms with E-state index in [9.17, 15) is 34.2 Å². The molecule has 14 heteroatoms. The van der Waals surface area contributed by atoms with E-state index in [2.05, 4.69) is 28.6 Å². The number of carboxylic acids is 1. The van der Waals surface area contributed by atoms with Gasteiger partial charge in [0.15, 0.2) is 0 Å². The summed E-state index contributed by atoms with van der Waals surface area (Å²) < 4.78 is 0. The number of unbranched alkanes of at least 4 members (excludes halogenated alkanes) is 1. The first-order valence-corrected chi connectivity index (χ1v) is 12.4. The van der Waals surface area contributed by atoms with Crippen LogP contribution in [0.2, 0.25) is 0 Å². The molecule has 0 saturated carbocycles. The molecule has 0 fully saturated rings. The van der Waals surface area contributed by atoms with Crippen LogP contribution in [0.15, 0.2) is 24.3 Å². The summed E-state index contributed by atoms with van der Waals surface area (Å²) >= 11 is 3.89. The normalized spacial score (nSPS) is 14.0. The fourth-order valence-electron chi connectivity index (χ4n) is 3.28. The van der Waals surface area contributed by atoms with Crippen molar-refractivity contribution in [2.75, 3.05) is 12.3 Å². The summed E-state index contributed by atoms with van der Waals surface area (Å²) in [4.78, 5) is 61.2. The van der Waals surface area contributed by atoms with Gasteiger partial charge in [0.05, 0.1) is 6.04 Å². The number of primary amides is 1. The fourth-order valence-corrected chi connectivity index (χ4v) is 3.53. The van der Waals surface area contributed by atoms with Crippen molar-refractivity contribution in [1.82, 2.24) is 16.0 Å². The van der Waals surface area contributed by atoms with Crippen molar-refractivity contribution in [2.45, 2.75) is 62.7 Å². The summed E-state index contributed by atoms with van der Waals surface area (Å²) in [5.74, 6) is -4.47. The molecular weight excluding hydrogens is 504 g/mol. The number of benzene rings is 1. The molecule has 0 aliphatic heterocycles. The minimum Gasteiger partial charge on any atom is -0.508 e. The number of carbonyl (C=O) groups excluding carboxylic acids is 4. The summed E-state index contributed by atoms with van der Waals surface area (Å²) in [6.07, 6.45) is 1.17. The van der Waals surface area contributed by atoms with Crippen LogP contribution in [0.3, 0.4) is 0 Å². The van der Waals surface area contributed by atoms with Gasteiger partial charge in [-0.25, -0.2) is 4.79 Å². The van der Waals surface area contributed by atoms with Gasteiger partial charge in [0.2, 0.25) is 23.6 Å². The number of aromatic hydroxyl groups is 1. The molecule has 0 saturated heterocycles. The van der Waals surface area contributed by atoms with Gasteiger partial charge in [-0.15, -0.1) is 0 Å². The lowest BCUT2D eigenvalue weighted by molar-refractivity contribution is -0.141. The van der Waals surface area contributed by atoms with E-state index in [0.29, 0.717) is 31.4 Å². The van der Waals surface area contributed by atoms with E-state index in [0.717, 1.165) is 0 Å². The van der Waals surface area contributed by atoms with Crippen molar-refractivity contribution in [3.8, 4) is 5.75 Å². The highest BCUT2D eigenvalue weighted by atomic mass is 32.1. The lowest BCUT2D eigenvalue weighted by Crippen LogP contribution is -2.57. The third-order valence-electron chi connectivity index (χ3n) is 5.42. The van der Waals surface area contributed by atoms with Gasteiger partial charge >= 0.3 is 5.97 Å². The molecule has 1 rings (SSSR count). The van der Waals surface area contributed by atoms with E-state index >= 15 is 0 Å². The Balaban J connectivity index is 3.10. The number of aliphatic carboxylic acids is 1. The average molecular weight is 541 g/mol. The van der Waals surface area contributed by atoms with Crippen LogP contribution in [-0.2, 0) is 30.4 Å². The number of hydrogen-bond donors (Lipinski definition) is 9. The van der Waals surface area contributed by atoms with Gasteiger partial charge < -0.3 is 43.4 Å². The third kappa shape index (κ3) is 11.9. The number of amides is 4. The average Bonchev–Trinajstić information content (AvgIpc) is 2.85. The van der Waals surface area contributed by atoms with Crippen molar-refractivity contribution in [3.05, 3.63) is 29.8 Å². The molecule has 0 aliphatic rings. The minimum atomic E-state index is -1.33. The second kappa shape index (κ2) is 16.4. The van der Waals surface area contributed by atoms with E-state index in [4.69, 9.17) is 17.2 Å². The number of phenolic OH excluding ortho intramolecular Hbond substituents is 1. The first kappa shape index (κ1) is 31.7. The molecule has 0 aromatic heterocycles. The summed E-state index contributed by atoms with van der Waals surface area (Å²) in [6, 6.07) is 1.22. The molecule has 0 aliphatic carbocycles. The van der Waals surface area contributed by atoms with E-state index < -0.39 is 53.8 Å². The van der Waals surface area contributed by atoms with Crippen LogP contribution in [0.1, 0.15) is 37.7 Å². The maximum atomic E-state index is 13.2. The van der Waals surface area contributed by atoms with E-state index in [1.807, 2.05) is 0 Å². The van der Waals surface area contributed by atoms with E-state index in [1.54, 1.807) is 12.1 Å². The maximum Gasteiger partial charge on any atom is 0.327 e. The number of nitrogens with two attached hydrogens (primary N) is 3. The third-order valence-corrected chi connectivity index (χ3v) is 5.79. The zero-order valence-electron chi connectivity index (χ0n) is 20.4. The van der Waals surface area contributed by atoms with Gasteiger partial charge in [0.1, 0.15) is 23.9 Å². The first-order chi connectivity index (χ1) is 17.5. The van der Waals surface area contributed by atoms with Crippen LogP contribution in [0, 0.1) is 0 Å². The van der Waals surface area contributed by atoms with Crippen molar-refractivity contribution < 1.29 is 34.2 Å². The number of hydrogen-bond acceptors (Lipinski definition) is 9. The van der Waals surface area contributed by atoms with Crippen molar-refractivity contribution in [2.24, 2.45) is 17.2 Å². The molecule has 4 amide bonds. The van der Waals surface area contributed by atoms with Gasteiger partial charge in [-0.1, -0.05) is 18.6 Å². The molecule has 13 nitrogen and oxygen atoms in total. The number of carboxylic acid groups (broad SMARTS) is 1. The van der Waals surface area contributed by atoms with E-state index in [1.165, 1.54) is 12.1 Å². The number of thiol groups is 1. The summed E-state index contributed by atoms with van der Waals surface area (Å²) in [5.41, 5.74) is 17.2. The molecule has 1 aromatic carbocycles. The monoisotopic (exact) mass is 540 g/mol. The highest BCUT2D eigenvalue weighted by molar-refractivity contribution is 7.80. The number of phenols is 1. The highest BCUT2D eigenvalue weighted by Crippen LogP contribution is 2.12. The largest absolute Gasteiger partial charge is 0.508 e. The Kier molecular flexibility index (Phi) is 14.0. The Morgan fingerprint density at radius 3 is 1.97 bits per heavy atom. The van der Waals surface area contributed by atoms with Crippen LogP contribution in [0.25, 0.3) is 0 Å². The van der Waals surface area contributed by atoms with Crippen molar-refractivity contribution in [3.63, 3.8) is 0 Å². The molecular formula is C23H36N6O7S. The van der Waals surface area contributed by atoms with Crippen LogP contribution >= 0.6 is 12.6 Å². The summed E-state index contributed by atoms with van der Waals surface area (Å²) in [5, 5.41) is 26.0. The fraction of sp³-hybridized carbons (Fsp3) is 0.522. The molecule has 37 heavy (non-hydrogen) atoms. The van der Waals surface area contributed by atoms with Gasteiger partial charge in [-0.3, -0.25) is 19.2 Å². The number of rotatable bonds is 17. The minimum absolute atomic E-state index is 0.00801. The quantitative estimate of drug-likeness (QED) is 0.0792. The smallest absolute Gasteiger partial charge is 0.327 e. The highest BCUT2D eigenvalue weighted by Gasteiger charge is 2.30. The Morgan fingerprint density at radius 2 is 1.43 bits per heavy atom. The van der Waals surface area contributed by atoms with Crippen LogP contribution < -0.4 is 33.2 Å². The Hall–Kier alpha value is -3.36. The molecule has 0 heterocycles. The standard InChI is InChI=1S/C23H36N6O7S/c24-10-2-1-3-15(25)20(32)28-17(11-13-4-6-14(30)7-5-13)22(34)27-16(8-9-19(26)31)21(33)29-18(12-37)23(35)36/h4-7,15-18,30,37H,1-3,8-12,24-25H2,(H2,26,31)(H,27,34)(H,28,32)(H,29,33)(H,35,36). The molecule has 4 atom stereocenters. The lowest BCUT2D eigenvalue weighted by atomic mass is 10.0. The van der Waals surface area contributed by atoms with Crippen molar-refractivity contribution >= 4 is 42.2 Å². The molecule has 206 valence electrons. The van der Waals surface area contributed by atoms with Crippen LogP contribution in [0.4, 0.5) is 0 Å². The molecule has 0 bridgehead atoms. The Morgan fingerprint density at radius 1 is 0.865 bits per heavy atom. The zero-order chi connectivity index (χ0) is 28.0. The van der Waals surface area contributed by atoms with Crippen LogP contribution in [0.5, 0.6) is 5.75 Å². The zero-order valence-corrected chi connectivity index (χ0v) is 21.3. The van der Waals surface area contributed by atoms with Gasteiger partial charge in [-0.05, 0) is 43.5 Å². The summed E-state index contributed by atoms with van der Waals surface area (Å²) in [7, 11) is 0. The van der Waals surface area contributed by atoms with Crippen LogP contribution in [-0.4, -0.2) is 76.3 Å². The molecule has 4 unspecified atom stereocenters. The Labute approximate surface area is 220 Å². The van der Waals surface area contributed by atoms with Gasteiger partial charge in [-0.2, -0.15) is 12.6 Å². The second-order valence-electron chi connectivity index (χ2n) is 8.47. The topological polar surface area (TPSA) is 240 Å². The SMILES string of the molecule is NCCCCC(N)C(=O)NC(Cc1ccc(O)cc1)C(=O)NC(CCC(N)=O)C(=O)NC(CS)C(=O)O.